The van der Waals surface area contributed by atoms with Crippen molar-refractivity contribution in [3.63, 3.8) is 0 Å². The Morgan fingerprint density at radius 2 is 2.04 bits per heavy atom. The predicted octanol–water partition coefficient (Wildman–Crippen LogP) is 5.18. The van der Waals surface area contributed by atoms with Gasteiger partial charge >= 0.3 is 6.09 Å². The quantitative estimate of drug-likeness (QED) is 0.581. The minimum atomic E-state index is -0.608. The van der Waals surface area contributed by atoms with Crippen molar-refractivity contribution in [2.24, 2.45) is 5.92 Å². The van der Waals surface area contributed by atoms with Gasteiger partial charge in [-0.25, -0.2) is 4.79 Å². The summed E-state index contributed by atoms with van der Waals surface area (Å²) in [7, 11) is 0. The lowest BCUT2D eigenvalue weighted by molar-refractivity contribution is -0.117. The van der Waals surface area contributed by atoms with Crippen molar-refractivity contribution in [1.82, 2.24) is 4.90 Å². The summed E-state index contributed by atoms with van der Waals surface area (Å²) in [5, 5.41) is 2.81. The van der Waals surface area contributed by atoms with Gasteiger partial charge in [-0.15, -0.1) is 0 Å². The number of rotatable bonds is 6. The molecule has 0 aromatic heterocycles. The maximum absolute atomic E-state index is 12.8. The van der Waals surface area contributed by atoms with Crippen molar-refractivity contribution in [3.8, 4) is 0 Å². The molecule has 1 aliphatic carbocycles. The highest BCUT2D eigenvalue weighted by Crippen LogP contribution is 2.33. The molecule has 1 aromatic carbocycles. The molecule has 1 unspecified atom stereocenters. The molecule has 1 aromatic rings. The smallest absolute Gasteiger partial charge is 0.411 e. The van der Waals surface area contributed by atoms with Crippen LogP contribution in [0, 0.1) is 5.92 Å². The Morgan fingerprint density at radius 1 is 1.32 bits per heavy atom. The molecule has 2 atom stereocenters. The lowest BCUT2D eigenvalue weighted by atomic mass is 10.0. The molecule has 0 bridgehead atoms. The maximum Gasteiger partial charge on any atom is 0.411 e. The van der Waals surface area contributed by atoms with Crippen molar-refractivity contribution >= 4 is 39.3 Å². The first-order valence-electron chi connectivity index (χ1n) is 9.93. The number of amides is 2. The van der Waals surface area contributed by atoms with E-state index < -0.39 is 11.7 Å². The number of hydrogen-bond donors (Lipinski definition) is 2. The second kappa shape index (κ2) is 9.63. The van der Waals surface area contributed by atoms with Gasteiger partial charge in [0.25, 0.3) is 0 Å². The summed E-state index contributed by atoms with van der Waals surface area (Å²) in [6.45, 7) is 7.63. The number of carbonyl (C=O) groups is 2. The van der Waals surface area contributed by atoms with E-state index in [0.717, 1.165) is 36.6 Å². The van der Waals surface area contributed by atoms with Crippen LogP contribution in [0.15, 0.2) is 22.7 Å². The SMILES string of the molecule is CCCC1CC[C@@H](N(CC(=O)Nc2ccc(Br)cc2N)C(=O)OC(C)(C)C)C1. The lowest BCUT2D eigenvalue weighted by Gasteiger charge is -2.31. The number of hydrogen-bond acceptors (Lipinski definition) is 4. The van der Waals surface area contributed by atoms with Crippen LogP contribution in [0.2, 0.25) is 0 Å². The number of ether oxygens (including phenoxy) is 1. The largest absolute Gasteiger partial charge is 0.444 e. The molecule has 156 valence electrons. The molecule has 2 rings (SSSR count). The zero-order valence-electron chi connectivity index (χ0n) is 17.3. The van der Waals surface area contributed by atoms with Crippen molar-refractivity contribution in [2.75, 3.05) is 17.6 Å². The molecule has 0 heterocycles. The third-order valence-corrected chi connectivity index (χ3v) is 5.37. The number of anilines is 2. The molecule has 6 nitrogen and oxygen atoms in total. The van der Waals surface area contributed by atoms with E-state index in [1.807, 2.05) is 26.8 Å². The number of nitrogen functional groups attached to an aromatic ring is 1. The van der Waals surface area contributed by atoms with Crippen molar-refractivity contribution in [1.29, 1.82) is 0 Å². The first-order valence-corrected chi connectivity index (χ1v) is 10.7. The topological polar surface area (TPSA) is 84.7 Å². The third kappa shape index (κ3) is 6.69. The van der Waals surface area contributed by atoms with Crippen LogP contribution in [-0.2, 0) is 9.53 Å². The van der Waals surface area contributed by atoms with Gasteiger partial charge in [0, 0.05) is 10.5 Å². The average Bonchev–Trinajstić information content (AvgIpc) is 3.02. The van der Waals surface area contributed by atoms with Crippen LogP contribution in [0.25, 0.3) is 0 Å². The standard InChI is InChI=1S/C21H32BrN3O3/c1-5-6-14-7-9-16(11-14)25(20(27)28-21(2,3)4)13-19(26)24-18-10-8-15(22)12-17(18)23/h8,10,12,14,16H,5-7,9,11,13,23H2,1-4H3,(H,24,26)/t14?,16-/m1/s1. The summed E-state index contributed by atoms with van der Waals surface area (Å²) in [4.78, 5) is 27.1. The van der Waals surface area contributed by atoms with Crippen LogP contribution in [-0.4, -0.2) is 35.1 Å². The van der Waals surface area contributed by atoms with E-state index in [1.165, 1.54) is 0 Å². The Bertz CT molecular complexity index is 703. The molecule has 0 spiro atoms. The van der Waals surface area contributed by atoms with Gasteiger partial charge in [-0.3, -0.25) is 9.69 Å². The highest BCUT2D eigenvalue weighted by atomic mass is 79.9. The van der Waals surface area contributed by atoms with Gasteiger partial charge in [0.05, 0.1) is 11.4 Å². The van der Waals surface area contributed by atoms with Gasteiger partial charge in [-0.2, -0.15) is 0 Å². The van der Waals surface area contributed by atoms with Gasteiger partial charge in [0.2, 0.25) is 5.91 Å². The summed E-state index contributed by atoms with van der Waals surface area (Å²) in [5.74, 6) is 0.323. The van der Waals surface area contributed by atoms with Gasteiger partial charge in [0.1, 0.15) is 12.1 Å². The molecule has 2 amide bonds. The normalized spacial score (nSPS) is 19.3. The van der Waals surface area contributed by atoms with Crippen molar-refractivity contribution in [3.05, 3.63) is 22.7 Å². The van der Waals surface area contributed by atoms with E-state index in [0.29, 0.717) is 17.3 Å². The van der Waals surface area contributed by atoms with Crippen molar-refractivity contribution in [2.45, 2.75) is 71.4 Å². The molecule has 0 radical (unpaired) electrons. The van der Waals surface area contributed by atoms with E-state index in [1.54, 1.807) is 17.0 Å². The molecule has 1 aliphatic rings. The highest BCUT2D eigenvalue weighted by molar-refractivity contribution is 9.10. The second-order valence-electron chi connectivity index (χ2n) is 8.51. The van der Waals surface area contributed by atoms with Crippen LogP contribution < -0.4 is 11.1 Å². The zero-order chi connectivity index (χ0) is 20.9. The Labute approximate surface area is 176 Å². The Balaban J connectivity index is 2.10. The van der Waals surface area contributed by atoms with E-state index in [9.17, 15) is 9.59 Å². The molecule has 0 aliphatic heterocycles. The van der Waals surface area contributed by atoms with Crippen LogP contribution in [0.1, 0.15) is 59.8 Å². The van der Waals surface area contributed by atoms with E-state index in [-0.39, 0.29) is 18.5 Å². The molecule has 1 fully saturated rings. The minimum Gasteiger partial charge on any atom is -0.444 e. The van der Waals surface area contributed by atoms with Gasteiger partial charge in [-0.05, 0) is 64.2 Å². The summed E-state index contributed by atoms with van der Waals surface area (Å²) < 4.78 is 6.41. The predicted molar refractivity (Wildman–Crippen MR) is 116 cm³/mol. The summed E-state index contributed by atoms with van der Waals surface area (Å²) in [5.41, 5.74) is 6.36. The number of nitrogens with zero attached hydrogens (tertiary/aromatic N) is 1. The fraction of sp³-hybridized carbons (Fsp3) is 0.619. The first kappa shape index (κ1) is 22.5. The Hall–Kier alpha value is -1.76. The fourth-order valence-corrected chi connectivity index (χ4v) is 4.04. The molecule has 0 saturated heterocycles. The van der Waals surface area contributed by atoms with Gasteiger partial charge in [-0.1, -0.05) is 35.7 Å². The van der Waals surface area contributed by atoms with E-state index >= 15 is 0 Å². The van der Waals surface area contributed by atoms with Crippen LogP contribution in [0.5, 0.6) is 0 Å². The van der Waals surface area contributed by atoms with E-state index in [2.05, 4.69) is 28.2 Å². The van der Waals surface area contributed by atoms with Gasteiger partial charge < -0.3 is 15.8 Å². The highest BCUT2D eigenvalue weighted by Gasteiger charge is 2.35. The number of nitrogens with one attached hydrogen (secondary N) is 1. The second-order valence-corrected chi connectivity index (χ2v) is 9.43. The van der Waals surface area contributed by atoms with Crippen LogP contribution in [0.4, 0.5) is 16.2 Å². The average molecular weight is 454 g/mol. The third-order valence-electron chi connectivity index (χ3n) is 4.88. The Morgan fingerprint density at radius 3 is 2.64 bits per heavy atom. The minimum absolute atomic E-state index is 0.0272. The molecular weight excluding hydrogens is 422 g/mol. The first-order chi connectivity index (χ1) is 13.1. The number of halogens is 1. The Kier molecular flexibility index (Phi) is 7.75. The molecule has 1 saturated carbocycles. The lowest BCUT2D eigenvalue weighted by Crippen LogP contribution is -2.46. The molecule has 7 heteroatoms. The number of nitrogens with two attached hydrogens (primary N) is 1. The van der Waals surface area contributed by atoms with Gasteiger partial charge in [0.15, 0.2) is 0 Å². The number of carbonyl (C=O) groups excluding carboxylic acids is 2. The summed E-state index contributed by atoms with van der Waals surface area (Å²) >= 11 is 3.35. The fourth-order valence-electron chi connectivity index (χ4n) is 3.66. The van der Waals surface area contributed by atoms with Crippen LogP contribution >= 0.6 is 15.9 Å². The monoisotopic (exact) mass is 453 g/mol. The van der Waals surface area contributed by atoms with Crippen molar-refractivity contribution < 1.29 is 14.3 Å². The maximum atomic E-state index is 12.8. The molecular formula is C21H32BrN3O3. The molecule has 3 N–H and O–H groups in total. The summed E-state index contributed by atoms with van der Waals surface area (Å²) in [6, 6.07) is 5.30. The zero-order valence-corrected chi connectivity index (χ0v) is 18.8. The van der Waals surface area contributed by atoms with E-state index in [4.69, 9.17) is 10.5 Å². The number of benzene rings is 1. The van der Waals surface area contributed by atoms with Crippen LogP contribution in [0.3, 0.4) is 0 Å². The summed E-state index contributed by atoms with van der Waals surface area (Å²) in [6.07, 6.45) is 4.75. The molecule has 28 heavy (non-hydrogen) atoms.